The summed E-state index contributed by atoms with van der Waals surface area (Å²) in [4.78, 5) is 29.0. The molecule has 3 aromatic heterocycles. The van der Waals surface area contributed by atoms with E-state index in [1.54, 1.807) is 6.33 Å². The summed E-state index contributed by atoms with van der Waals surface area (Å²) in [5.74, 6) is 2.74. The first-order chi connectivity index (χ1) is 15.6. The highest BCUT2D eigenvalue weighted by Crippen LogP contribution is 2.46. The number of rotatable bonds is 6. The normalized spacial score (nSPS) is 23.3. The first-order valence-electron chi connectivity index (χ1n) is 11.7. The van der Waals surface area contributed by atoms with Crippen molar-refractivity contribution in [3.05, 3.63) is 59.3 Å². The number of hydrogen-bond acceptors (Lipinski definition) is 5. The molecule has 1 N–H and O–H groups in total. The van der Waals surface area contributed by atoms with Gasteiger partial charge >= 0.3 is 0 Å². The van der Waals surface area contributed by atoms with E-state index in [0.717, 1.165) is 61.4 Å². The Labute approximate surface area is 187 Å². The van der Waals surface area contributed by atoms with Crippen molar-refractivity contribution >= 4 is 11.7 Å². The standard InChI is InChI=1S/C24H29N7O/c1-3-18-15(4-7-22(27-18)31-10-16-8-17(16)11-31)9-30-12-20(25-14-30)24(32)28-19-5-6-21-23(19)26-13-29(21)2/h4,7,12-14,16-17,19H,3,5-6,8-11H2,1-2H3,(H,28,32)/t16?,17?,19-/m1/s1. The second-order valence-corrected chi connectivity index (χ2v) is 9.47. The van der Waals surface area contributed by atoms with Crippen molar-refractivity contribution in [3.63, 3.8) is 0 Å². The summed E-state index contributed by atoms with van der Waals surface area (Å²) in [6.07, 6.45) is 9.48. The Bertz CT molecular complexity index is 1170. The molecular weight excluding hydrogens is 402 g/mol. The van der Waals surface area contributed by atoms with Crippen LogP contribution in [-0.4, -0.2) is 43.1 Å². The van der Waals surface area contributed by atoms with Crippen molar-refractivity contribution < 1.29 is 4.79 Å². The van der Waals surface area contributed by atoms with E-state index in [9.17, 15) is 4.79 Å². The average molecular weight is 432 g/mol. The smallest absolute Gasteiger partial charge is 0.272 e. The minimum atomic E-state index is -0.149. The zero-order valence-corrected chi connectivity index (χ0v) is 18.7. The predicted octanol–water partition coefficient (Wildman–Crippen LogP) is 2.50. The van der Waals surface area contributed by atoms with Crippen molar-refractivity contribution in [2.75, 3.05) is 18.0 Å². The number of hydrogen-bond donors (Lipinski definition) is 1. The molecule has 0 radical (unpaired) electrons. The van der Waals surface area contributed by atoms with E-state index in [1.807, 2.05) is 28.7 Å². The number of carbonyl (C=O) groups excluding carboxylic acids is 1. The molecule has 0 spiro atoms. The highest BCUT2D eigenvalue weighted by atomic mass is 16.2. The lowest BCUT2D eigenvalue weighted by Crippen LogP contribution is -2.27. The van der Waals surface area contributed by atoms with Crippen LogP contribution in [0.3, 0.4) is 0 Å². The Morgan fingerprint density at radius 3 is 2.84 bits per heavy atom. The van der Waals surface area contributed by atoms with Gasteiger partial charge in [-0.25, -0.2) is 15.0 Å². The third kappa shape index (κ3) is 3.38. The molecule has 8 heteroatoms. The summed E-state index contributed by atoms with van der Waals surface area (Å²) in [7, 11) is 2.00. The van der Waals surface area contributed by atoms with Gasteiger partial charge in [0.25, 0.3) is 5.91 Å². The van der Waals surface area contributed by atoms with E-state index in [1.165, 1.54) is 17.7 Å². The Morgan fingerprint density at radius 1 is 1.19 bits per heavy atom. The van der Waals surface area contributed by atoms with Gasteiger partial charge in [-0.05, 0) is 49.1 Å². The van der Waals surface area contributed by atoms with Crippen molar-refractivity contribution in [2.24, 2.45) is 18.9 Å². The number of piperidine rings is 1. The fourth-order valence-electron chi connectivity index (χ4n) is 5.35. The monoisotopic (exact) mass is 431 g/mol. The first-order valence-corrected chi connectivity index (χ1v) is 11.7. The molecule has 0 bridgehead atoms. The number of nitrogens with zero attached hydrogens (tertiary/aromatic N) is 6. The molecule has 2 fully saturated rings. The molecule has 32 heavy (non-hydrogen) atoms. The third-order valence-electron chi connectivity index (χ3n) is 7.31. The molecule has 2 unspecified atom stereocenters. The Kier molecular flexibility index (Phi) is 4.55. The molecule has 3 aromatic rings. The van der Waals surface area contributed by atoms with Crippen LogP contribution in [0.15, 0.2) is 31.0 Å². The summed E-state index contributed by atoms with van der Waals surface area (Å²) in [5.41, 5.74) is 4.92. The maximum atomic E-state index is 12.8. The van der Waals surface area contributed by atoms with Crippen molar-refractivity contribution in [2.45, 2.75) is 45.2 Å². The van der Waals surface area contributed by atoms with Crippen LogP contribution in [-0.2, 0) is 26.4 Å². The molecule has 1 amide bonds. The maximum Gasteiger partial charge on any atom is 0.272 e. The largest absolute Gasteiger partial charge is 0.356 e. The van der Waals surface area contributed by atoms with Crippen LogP contribution in [0.25, 0.3) is 0 Å². The van der Waals surface area contributed by atoms with E-state index >= 15 is 0 Å². The van der Waals surface area contributed by atoms with Crippen LogP contribution in [0.2, 0.25) is 0 Å². The molecular formula is C24H29N7O. The highest BCUT2D eigenvalue weighted by Gasteiger charge is 2.45. The van der Waals surface area contributed by atoms with Crippen LogP contribution < -0.4 is 10.2 Å². The SMILES string of the molecule is CCc1nc(N2CC3CC3C2)ccc1Cn1cnc(C(=O)N[C@@H]2CCc3c2ncn3C)c1. The lowest BCUT2D eigenvalue weighted by molar-refractivity contribution is 0.0931. The number of fused-ring (bicyclic) bond motifs is 2. The molecule has 2 aliphatic carbocycles. The van der Waals surface area contributed by atoms with Gasteiger partial charge in [-0.2, -0.15) is 0 Å². The summed E-state index contributed by atoms with van der Waals surface area (Å²) in [6, 6.07) is 4.30. The summed E-state index contributed by atoms with van der Waals surface area (Å²) in [6.45, 7) is 5.12. The predicted molar refractivity (Wildman–Crippen MR) is 120 cm³/mol. The van der Waals surface area contributed by atoms with E-state index < -0.39 is 0 Å². The van der Waals surface area contributed by atoms with E-state index in [2.05, 4.69) is 39.2 Å². The second-order valence-electron chi connectivity index (χ2n) is 9.47. The Balaban J connectivity index is 1.13. The number of nitrogens with one attached hydrogen (secondary N) is 1. The average Bonchev–Trinajstić information content (AvgIpc) is 3.27. The lowest BCUT2D eigenvalue weighted by atomic mass is 10.1. The van der Waals surface area contributed by atoms with Crippen molar-refractivity contribution in [1.29, 1.82) is 0 Å². The molecule has 3 aliphatic rings. The minimum absolute atomic E-state index is 0.0380. The molecule has 3 atom stereocenters. The zero-order valence-electron chi connectivity index (χ0n) is 18.7. The Hall–Kier alpha value is -3.16. The van der Waals surface area contributed by atoms with Crippen molar-refractivity contribution in [3.8, 4) is 0 Å². The van der Waals surface area contributed by atoms with E-state index in [-0.39, 0.29) is 11.9 Å². The first kappa shape index (κ1) is 19.5. The van der Waals surface area contributed by atoms with Crippen LogP contribution in [0.1, 0.15) is 58.9 Å². The number of aryl methyl sites for hydroxylation is 2. The van der Waals surface area contributed by atoms with Gasteiger partial charge < -0.3 is 19.4 Å². The molecule has 166 valence electrons. The van der Waals surface area contributed by atoms with Crippen LogP contribution in [0.4, 0.5) is 5.82 Å². The minimum Gasteiger partial charge on any atom is -0.356 e. The number of aromatic nitrogens is 5. The topological polar surface area (TPSA) is 80.9 Å². The van der Waals surface area contributed by atoms with Gasteiger partial charge in [-0.15, -0.1) is 0 Å². The van der Waals surface area contributed by atoms with Crippen LogP contribution >= 0.6 is 0 Å². The molecule has 1 saturated carbocycles. The number of pyridine rings is 1. The number of imidazole rings is 2. The fraction of sp³-hybridized carbons (Fsp3) is 0.500. The van der Waals surface area contributed by atoms with Gasteiger partial charge in [0, 0.05) is 37.7 Å². The summed E-state index contributed by atoms with van der Waals surface area (Å²) < 4.78 is 4.00. The van der Waals surface area contributed by atoms with Gasteiger partial charge in [-0.1, -0.05) is 13.0 Å². The molecule has 6 rings (SSSR count). The quantitative estimate of drug-likeness (QED) is 0.649. The van der Waals surface area contributed by atoms with E-state index in [0.29, 0.717) is 12.2 Å². The second kappa shape index (κ2) is 7.46. The van der Waals surface area contributed by atoms with Crippen LogP contribution in [0.5, 0.6) is 0 Å². The van der Waals surface area contributed by atoms with Gasteiger partial charge in [0.1, 0.15) is 11.5 Å². The fourth-order valence-corrected chi connectivity index (χ4v) is 5.35. The third-order valence-corrected chi connectivity index (χ3v) is 7.31. The van der Waals surface area contributed by atoms with Gasteiger partial charge in [0.2, 0.25) is 0 Å². The molecule has 0 aromatic carbocycles. The number of anilines is 1. The summed E-state index contributed by atoms with van der Waals surface area (Å²) >= 11 is 0. The number of carbonyl (C=O) groups is 1. The van der Waals surface area contributed by atoms with Crippen molar-refractivity contribution in [1.82, 2.24) is 29.4 Å². The van der Waals surface area contributed by atoms with Gasteiger partial charge in [0.05, 0.1) is 30.9 Å². The van der Waals surface area contributed by atoms with E-state index in [4.69, 9.17) is 4.98 Å². The van der Waals surface area contributed by atoms with Gasteiger partial charge in [0.15, 0.2) is 0 Å². The molecule has 8 nitrogen and oxygen atoms in total. The van der Waals surface area contributed by atoms with Gasteiger partial charge in [-0.3, -0.25) is 4.79 Å². The highest BCUT2D eigenvalue weighted by molar-refractivity contribution is 5.92. The Morgan fingerprint density at radius 2 is 2.03 bits per heavy atom. The molecule has 1 saturated heterocycles. The lowest BCUT2D eigenvalue weighted by Gasteiger charge is -2.20. The summed E-state index contributed by atoms with van der Waals surface area (Å²) in [5, 5.41) is 3.10. The zero-order chi connectivity index (χ0) is 21.8. The van der Waals surface area contributed by atoms with Crippen LogP contribution in [0, 0.1) is 11.8 Å². The molecule has 1 aliphatic heterocycles. The maximum absolute atomic E-state index is 12.8. The number of amides is 1. The molecule has 4 heterocycles.